The van der Waals surface area contributed by atoms with E-state index in [0.717, 1.165) is 6.07 Å². The van der Waals surface area contributed by atoms with Crippen LogP contribution in [0.3, 0.4) is 0 Å². The molecule has 0 amide bonds. The van der Waals surface area contributed by atoms with Crippen LogP contribution in [0, 0.1) is 11.2 Å². The van der Waals surface area contributed by atoms with Crippen molar-refractivity contribution in [3.05, 3.63) is 22.5 Å². The van der Waals surface area contributed by atoms with Crippen molar-refractivity contribution < 1.29 is 24.1 Å². The van der Waals surface area contributed by atoms with Gasteiger partial charge in [-0.2, -0.15) is 0 Å². The number of halogens is 2. The van der Waals surface area contributed by atoms with E-state index >= 15 is 0 Å². The molecule has 0 atom stereocenters. The van der Waals surface area contributed by atoms with Crippen molar-refractivity contribution in [3.8, 4) is 11.5 Å². The summed E-state index contributed by atoms with van der Waals surface area (Å²) in [4.78, 5) is 11.0. The van der Waals surface area contributed by atoms with Gasteiger partial charge in [0.1, 0.15) is 5.82 Å². The maximum atomic E-state index is 13.8. The molecule has 1 aromatic carbocycles. The Bertz CT molecular complexity index is 485. The highest BCUT2D eigenvalue weighted by atomic mass is 35.5. The summed E-state index contributed by atoms with van der Waals surface area (Å²) in [5.41, 5.74) is -1.39. The minimum Gasteiger partial charge on any atom is -0.504 e. The van der Waals surface area contributed by atoms with Crippen LogP contribution in [0.15, 0.2) is 6.07 Å². The summed E-state index contributed by atoms with van der Waals surface area (Å²) < 4.78 is 18.7. The van der Waals surface area contributed by atoms with E-state index in [1.54, 1.807) is 0 Å². The van der Waals surface area contributed by atoms with Gasteiger partial charge in [-0.15, -0.1) is 0 Å². The first-order valence-electron chi connectivity index (χ1n) is 5.18. The van der Waals surface area contributed by atoms with Gasteiger partial charge in [0, 0.05) is 11.6 Å². The van der Waals surface area contributed by atoms with Crippen LogP contribution in [0.4, 0.5) is 4.39 Å². The Hall–Kier alpha value is -1.49. The number of aliphatic carboxylic acids is 1. The maximum absolute atomic E-state index is 13.8. The molecule has 0 fully saturated rings. The monoisotopic (exact) mass is 276 g/mol. The van der Waals surface area contributed by atoms with Gasteiger partial charge in [0.15, 0.2) is 11.5 Å². The quantitative estimate of drug-likeness (QED) is 0.887. The number of rotatable bonds is 4. The third-order valence-corrected chi connectivity index (χ3v) is 2.94. The Morgan fingerprint density at radius 2 is 2.11 bits per heavy atom. The van der Waals surface area contributed by atoms with Crippen LogP contribution in [-0.2, 0) is 11.2 Å². The number of phenols is 1. The van der Waals surface area contributed by atoms with Crippen molar-refractivity contribution in [1.29, 1.82) is 0 Å². The number of carboxylic acids is 1. The summed E-state index contributed by atoms with van der Waals surface area (Å²) in [6.07, 6.45) is -0.198. The second-order valence-electron chi connectivity index (χ2n) is 4.57. The van der Waals surface area contributed by atoms with Crippen LogP contribution in [0.1, 0.15) is 19.4 Å². The van der Waals surface area contributed by atoms with Gasteiger partial charge in [-0.1, -0.05) is 11.6 Å². The summed E-state index contributed by atoms with van der Waals surface area (Å²) in [6.45, 7) is 2.86. The summed E-state index contributed by atoms with van der Waals surface area (Å²) in [6, 6.07) is 1.14. The lowest BCUT2D eigenvalue weighted by Gasteiger charge is -2.21. The average Bonchev–Trinajstić information content (AvgIpc) is 2.29. The SMILES string of the molecule is COc1cc(Cl)c(F)c(CC(C)(C)C(=O)O)c1O. The van der Waals surface area contributed by atoms with E-state index in [9.17, 15) is 14.3 Å². The predicted molar refractivity (Wildman–Crippen MR) is 64.7 cm³/mol. The van der Waals surface area contributed by atoms with Crippen molar-refractivity contribution >= 4 is 17.6 Å². The van der Waals surface area contributed by atoms with Gasteiger partial charge in [-0.25, -0.2) is 4.39 Å². The van der Waals surface area contributed by atoms with Crippen molar-refractivity contribution in [2.45, 2.75) is 20.3 Å². The molecule has 0 saturated heterocycles. The van der Waals surface area contributed by atoms with Crippen LogP contribution in [0.2, 0.25) is 5.02 Å². The molecule has 0 radical (unpaired) electrons. The molecule has 1 aromatic rings. The second kappa shape index (κ2) is 5.02. The van der Waals surface area contributed by atoms with Gasteiger partial charge >= 0.3 is 5.97 Å². The zero-order chi connectivity index (χ0) is 14.1. The first-order valence-corrected chi connectivity index (χ1v) is 5.55. The Kier molecular flexibility index (Phi) is 4.06. The highest BCUT2D eigenvalue weighted by Crippen LogP contribution is 2.39. The van der Waals surface area contributed by atoms with E-state index in [4.69, 9.17) is 21.4 Å². The molecule has 0 aliphatic heterocycles. The lowest BCUT2D eigenvalue weighted by Crippen LogP contribution is -2.26. The average molecular weight is 277 g/mol. The Labute approximate surface area is 109 Å². The molecule has 0 spiro atoms. The number of phenolic OH excluding ortho intramolecular Hbond substituents is 1. The highest BCUT2D eigenvalue weighted by molar-refractivity contribution is 6.31. The fourth-order valence-corrected chi connectivity index (χ4v) is 1.69. The highest BCUT2D eigenvalue weighted by Gasteiger charge is 2.31. The Morgan fingerprint density at radius 3 is 2.56 bits per heavy atom. The molecule has 4 nitrogen and oxygen atoms in total. The molecule has 0 bridgehead atoms. The van der Waals surface area contributed by atoms with E-state index in [0.29, 0.717) is 0 Å². The lowest BCUT2D eigenvalue weighted by molar-refractivity contribution is -0.146. The topological polar surface area (TPSA) is 66.8 Å². The first kappa shape index (κ1) is 14.6. The summed E-state index contributed by atoms with van der Waals surface area (Å²) >= 11 is 5.66. The predicted octanol–water partition coefficient (Wildman–Crippen LogP) is 2.85. The summed E-state index contributed by atoms with van der Waals surface area (Å²) in [5, 5.41) is 18.6. The summed E-state index contributed by atoms with van der Waals surface area (Å²) in [7, 11) is 1.30. The fourth-order valence-electron chi connectivity index (χ4n) is 1.48. The van der Waals surface area contributed by atoms with Crippen LogP contribution < -0.4 is 4.74 Å². The Balaban J connectivity index is 3.32. The minimum absolute atomic E-state index is 0.0117. The lowest BCUT2D eigenvalue weighted by atomic mass is 9.85. The van der Waals surface area contributed by atoms with Gasteiger partial charge in [0.2, 0.25) is 0 Å². The molecule has 6 heteroatoms. The smallest absolute Gasteiger partial charge is 0.309 e. The van der Waals surface area contributed by atoms with Gasteiger partial charge in [0.05, 0.1) is 17.5 Å². The molecule has 100 valence electrons. The molecule has 0 unspecified atom stereocenters. The molecule has 0 saturated carbocycles. The third kappa shape index (κ3) is 2.67. The zero-order valence-electron chi connectivity index (χ0n) is 10.3. The van der Waals surface area contributed by atoms with E-state index in [2.05, 4.69) is 0 Å². The number of aromatic hydroxyl groups is 1. The number of carboxylic acid groups (broad SMARTS) is 1. The largest absolute Gasteiger partial charge is 0.504 e. The standard InChI is InChI=1S/C12H14ClFO4/c1-12(2,11(16)17)5-6-9(14)7(13)4-8(18-3)10(6)15/h4,15H,5H2,1-3H3,(H,16,17). The van der Waals surface area contributed by atoms with E-state index in [1.165, 1.54) is 21.0 Å². The van der Waals surface area contributed by atoms with Gasteiger partial charge in [-0.3, -0.25) is 4.79 Å². The van der Waals surface area contributed by atoms with Crippen LogP contribution in [0.5, 0.6) is 11.5 Å². The number of carbonyl (C=O) groups is 1. The first-order chi connectivity index (χ1) is 8.20. The summed E-state index contributed by atoms with van der Waals surface area (Å²) in [5.74, 6) is -2.34. The van der Waals surface area contributed by atoms with Gasteiger partial charge in [-0.05, 0) is 20.3 Å². The molecular weight excluding hydrogens is 263 g/mol. The normalized spacial score (nSPS) is 11.4. The number of benzene rings is 1. The number of methoxy groups -OCH3 is 1. The molecule has 1 rings (SSSR count). The van der Waals surface area contributed by atoms with Crippen molar-refractivity contribution in [1.82, 2.24) is 0 Å². The van der Waals surface area contributed by atoms with Crippen molar-refractivity contribution in [3.63, 3.8) is 0 Å². The van der Waals surface area contributed by atoms with Crippen LogP contribution >= 0.6 is 11.6 Å². The van der Waals surface area contributed by atoms with E-state index in [1.807, 2.05) is 0 Å². The van der Waals surface area contributed by atoms with E-state index < -0.39 is 23.0 Å². The minimum atomic E-state index is -1.23. The number of hydrogen-bond donors (Lipinski definition) is 2. The molecule has 0 aromatic heterocycles. The molecular formula is C12H14ClFO4. The molecule has 0 heterocycles. The van der Waals surface area contributed by atoms with Crippen LogP contribution in [0.25, 0.3) is 0 Å². The van der Waals surface area contributed by atoms with E-state index in [-0.39, 0.29) is 22.8 Å². The maximum Gasteiger partial charge on any atom is 0.309 e. The second-order valence-corrected chi connectivity index (χ2v) is 4.97. The number of ether oxygens (including phenoxy) is 1. The molecule has 0 aliphatic rings. The number of hydrogen-bond acceptors (Lipinski definition) is 3. The third-order valence-electron chi connectivity index (χ3n) is 2.67. The Morgan fingerprint density at radius 1 is 1.56 bits per heavy atom. The van der Waals surface area contributed by atoms with Crippen molar-refractivity contribution in [2.24, 2.45) is 5.41 Å². The van der Waals surface area contributed by atoms with Crippen molar-refractivity contribution in [2.75, 3.05) is 7.11 Å². The molecule has 2 N–H and O–H groups in total. The fraction of sp³-hybridized carbons (Fsp3) is 0.417. The van der Waals surface area contributed by atoms with Gasteiger partial charge in [0.25, 0.3) is 0 Å². The zero-order valence-corrected chi connectivity index (χ0v) is 11.0. The molecule has 0 aliphatic carbocycles. The van der Waals surface area contributed by atoms with Crippen LogP contribution in [-0.4, -0.2) is 23.3 Å². The molecule has 18 heavy (non-hydrogen) atoms. The van der Waals surface area contributed by atoms with Gasteiger partial charge < -0.3 is 14.9 Å².